The van der Waals surface area contributed by atoms with Gasteiger partial charge in [0.1, 0.15) is 6.33 Å². The van der Waals surface area contributed by atoms with Crippen LogP contribution in [0.25, 0.3) is 27.8 Å². The monoisotopic (exact) mass is 425 g/mol. The Hall–Kier alpha value is -4.46. The number of para-hydroxylation sites is 2. The highest BCUT2D eigenvalue weighted by atomic mass is 16.2. The molecule has 1 amide bonds. The Labute approximate surface area is 181 Å². The maximum atomic E-state index is 12.8. The highest BCUT2D eigenvalue weighted by molar-refractivity contribution is 6.05. The third-order valence-corrected chi connectivity index (χ3v) is 5.41. The van der Waals surface area contributed by atoms with Crippen LogP contribution in [0.2, 0.25) is 0 Å². The lowest BCUT2D eigenvalue weighted by Gasteiger charge is -2.10. The zero-order valence-corrected chi connectivity index (χ0v) is 17.2. The van der Waals surface area contributed by atoms with Gasteiger partial charge in [-0.3, -0.25) is 19.0 Å². The van der Waals surface area contributed by atoms with Crippen LogP contribution < -0.4 is 16.4 Å². The molecule has 0 aliphatic heterocycles. The van der Waals surface area contributed by atoms with Crippen LogP contribution in [-0.4, -0.2) is 25.0 Å². The van der Waals surface area contributed by atoms with Crippen molar-refractivity contribution in [1.82, 2.24) is 19.1 Å². The number of aromatic amines is 1. The Balaban J connectivity index is 1.41. The van der Waals surface area contributed by atoms with E-state index in [1.165, 1.54) is 4.57 Å². The third kappa shape index (κ3) is 3.27. The van der Waals surface area contributed by atoms with E-state index in [9.17, 15) is 14.4 Å². The summed E-state index contributed by atoms with van der Waals surface area (Å²) < 4.78 is 3.36. The summed E-state index contributed by atoms with van der Waals surface area (Å²) in [4.78, 5) is 43.6. The molecule has 8 nitrogen and oxygen atoms in total. The number of hydrogen-bond donors (Lipinski definition) is 2. The smallest absolute Gasteiger partial charge is 0.316 e. The molecule has 2 N–H and O–H groups in total. The van der Waals surface area contributed by atoms with Crippen LogP contribution in [-0.2, 0) is 6.54 Å². The summed E-state index contributed by atoms with van der Waals surface area (Å²) in [5, 5.41) is 2.86. The van der Waals surface area contributed by atoms with E-state index in [0.29, 0.717) is 28.8 Å². The maximum absolute atomic E-state index is 12.8. The summed E-state index contributed by atoms with van der Waals surface area (Å²) >= 11 is 0. The van der Waals surface area contributed by atoms with Crippen molar-refractivity contribution >= 4 is 33.7 Å². The molecule has 0 atom stereocenters. The minimum absolute atomic E-state index is 0.317. The summed E-state index contributed by atoms with van der Waals surface area (Å²) in [5.41, 5.74) is 3.54. The minimum Gasteiger partial charge on any atom is -0.322 e. The molecule has 5 rings (SSSR count). The first-order chi connectivity index (χ1) is 15.5. The van der Waals surface area contributed by atoms with Crippen molar-refractivity contribution in [2.45, 2.75) is 13.5 Å². The van der Waals surface area contributed by atoms with E-state index < -0.39 is 11.1 Å². The van der Waals surface area contributed by atoms with E-state index in [0.717, 1.165) is 16.7 Å². The van der Waals surface area contributed by atoms with Crippen LogP contribution in [0, 0.1) is 0 Å². The fourth-order valence-electron chi connectivity index (χ4n) is 3.81. The lowest BCUT2D eigenvalue weighted by Crippen LogP contribution is -2.36. The molecular weight excluding hydrogens is 406 g/mol. The van der Waals surface area contributed by atoms with Gasteiger partial charge in [-0.2, -0.15) is 0 Å². The molecule has 0 saturated heterocycles. The zero-order chi connectivity index (χ0) is 22.2. The lowest BCUT2D eigenvalue weighted by molar-refractivity contribution is 0.102. The van der Waals surface area contributed by atoms with Crippen molar-refractivity contribution in [2.24, 2.45) is 0 Å². The van der Waals surface area contributed by atoms with Gasteiger partial charge in [-0.25, -0.2) is 4.98 Å². The highest BCUT2D eigenvalue weighted by Gasteiger charge is 2.11. The number of hydrogen-bond acceptors (Lipinski definition) is 4. The standard InChI is InChI=1S/C24H19N5O3/c1-2-28-21-12-7-15(13-19(21)27-23(31)24(28)32)22(30)26-16-8-10-17(11-9-16)29-14-25-18-5-3-4-6-20(18)29/h3-14H,2H2,1H3,(H,26,30)(H,27,31). The number of carbonyl (C=O) groups excluding carboxylic acids is 1. The van der Waals surface area contributed by atoms with Gasteiger partial charge >= 0.3 is 11.1 Å². The molecule has 2 aromatic heterocycles. The molecule has 0 radical (unpaired) electrons. The topological polar surface area (TPSA) is 102 Å². The molecule has 32 heavy (non-hydrogen) atoms. The number of aromatic nitrogens is 4. The average Bonchev–Trinajstić information content (AvgIpc) is 3.24. The Kier molecular flexibility index (Phi) is 4.67. The largest absolute Gasteiger partial charge is 0.322 e. The number of anilines is 1. The van der Waals surface area contributed by atoms with Crippen molar-refractivity contribution in [2.75, 3.05) is 5.32 Å². The fraction of sp³-hybridized carbons (Fsp3) is 0.0833. The molecule has 8 heteroatoms. The van der Waals surface area contributed by atoms with Crippen molar-refractivity contribution < 1.29 is 4.79 Å². The van der Waals surface area contributed by atoms with Crippen LogP contribution in [0.4, 0.5) is 5.69 Å². The normalized spacial score (nSPS) is 11.2. The number of nitrogens with zero attached hydrogens (tertiary/aromatic N) is 3. The molecular formula is C24H19N5O3. The third-order valence-electron chi connectivity index (χ3n) is 5.41. The Morgan fingerprint density at radius 2 is 1.78 bits per heavy atom. The fourth-order valence-corrected chi connectivity index (χ4v) is 3.81. The van der Waals surface area contributed by atoms with Crippen LogP contribution in [0.5, 0.6) is 0 Å². The summed E-state index contributed by atoms with van der Waals surface area (Å²) in [7, 11) is 0. The number of nitrogens with one attached hydrogen (secondary N) is 2. The molecule has 3 aromatic carbocycles. The predicted octanol–water partition coefficient (Wildman–Crippen LogP) is 3.30. The highest BCUT2D eigenvalue weighted by Crippen LogP contribution is 2.20. The van der Waals surface area contributed by atoms with Gasteiger partial charge in [0.05, 0.1) is 22.1 Å². The molecule has 0 saturated carbocycles. The van der Waals surface area contributed by atoms with Gasteiger partial charge in [-0.1, -0.05) is 12.1 Å². The van der Waals surface area contributed by atoms with Gasteiger partial charge in [0.25, 0.3) is 5.91 Å². The number of rotatable bonds is 4. The Bertz CT molecular complexity index is 1590. The molecule has 0 aliphatic rings. The van der Waals surface area contributed by atoms with E-state index in [-0.39, 0.29) is 5.91 Å². The van der Waals surface area contributed by atoms with Crippen molar-refractivity contribution in [1.29, 1.82) is 0 Å². The SMILES string of the molecule is CCn1c(=O)c(=O)[nH]c2cc(C(=O)Nc3ccc(-n4cnc5ccccc54)cc3)ccc21. The van der Waals surface area contributed by atoms with Crippen molar-refractivity contribution in [3.8, 4) is 5.69 Å². The van der Waals surface area contributed by atoms with Crippen molar-refractivity contribution in [3.05, 3.63) is 99.3 Å². The minimum atomic E-state index is -0.709. The van der Waals surface area contributed by atoms with Crippen molar-refractivity contribution in [3.63, 3.8) is 0 Å². The first-order valence-electron chi connectivity index (χ1n) is 10.2. The molecule has 0 bridgehead atoms. The molecule has 158 valence electrons. The second-order valence-corrected chi connectivity index (χ2v) is 7.34. The van der Waals surface area contributed by atoms with E-state index in [4.69, 9.17) is 0 Å². The summed E-state index contributed by atoms with van der Waals surface area (Å²) in [6, 6.07) is 20.2. The number of H-pyrrole nitrogens is 1. The number of benzene rings is 3. The average molecular weight is 425 g/mol. The number of imidazole rings is 1. The second kappa shape index (κ2) is 7.66. The quantitative estimate of drug-likeness (QED) is 0.431. The number of fused-ring (bicyclic) bond motifs is 2. The zero-order valence-electron chi connectivity index (χ0n) is 17.2. The van der Waals surface area contributed by atoms with Crippen LogP contribution >= 0.6 is 0 Å². The van der Waals surface area contributed by atoms with Gasteiger partial charge in [-0.15, -0.1) is 0 Å². The van der Waals surface area contributed by atoms with Crippen LogP contribution in [0.15, 0.2) is 82.6 Å². The summed E-state index contributed by atoms with van der Waals surface area (Å²) in [6.07, 6.45) is 1.77. The summed E-state index contributed by atoms with van der Waals surface area (Å²) in [6.45, 7) is 2.15. The first kappa shape index (κ1) is 19.5. The molecule has 0 aliphatic carbocycles. The molecule has 0 unspecified atom stereocenters. The van der Waals surface area contributed by atoms with Gasteiger partial charge in [-0.05, 0) is 61.5 Å². The number of amides is 1. The van der Waals surface area contributed by atoms with E-state index in [1.54, 1.807) is 31.5 Å². The van der Waals surface area contributed by atoms with Gasteiger partial charge in [0.2, 0.25) is 0 Å². The van der Waals surface area contributed by atoms with E-state index in [2.05, 4.69) is 15.3 Å². The predicted molar refractivity (Wildman–Crippen MR) is 124 cm³/mol. The number of carbonyl (C=O) groups is 1. The van der Waals surface area contributed by atoms with E-state index in [1.807, 2.05) is 53.1 Å². The number of aryl methyl sites for hydroxylation is 1. The first-order valence-corrected chi connectivity index (χ1v) is 10.2. The van der Waals surface area contributed by atoms with Gasteiger partial charge in [0.15, 0.2) is 0 Å². The van der Waals surface area contributed by atoms with Gasteiger partial charge in [0, 0.05) is 23.5 Å². The molecule has 2 heterocycles. The van der Waals surface area contributed by atoms with E-state index >= 15 is 0 Å². The van der Waals surface area contributed by atoms with Crippen LogP contribution in [0.1, 0.15) is 17.3 Å². The summed E-state index contributed by atoms with van der Waals surface area (Å²) in [5.74, 6) is -0.317. The maximum Gasteiger partial charge on any atom is 0.316 e. The molecule has 0 fully saturated rings. The Morgan fingerprint density at radius 3 is 2.56 bits per heavy atom. The molecule has 0 spiro atoms. The second-order valence-electron chi connectivity index (χ2n) is 7.34. The molecule has 5 aromatic rings. The van der Waals surface area contributed by atoms with Gasteiger partial charge < -0.3 is 14.9 Å². The Morgan fingerprint density at radius 1 is 1.00 bits per heavy atom. The van der Waals surface area contributed by atoms with Crippen LogP contribution in [0.3, 0.4) is 0 Å². The lowest BCUT2D eigenvalue weighted by atomic mass is 10.1.